The largest absolute Gasteiger partial charge is 0.430 e. The van der Waals surface area contributed by atoms with Crippen molar-refractivity contribution in [3.8, 4) is 0 Å². The molecule has 3 nitrogen and oxygen atoms in total. The summed E-state index contributed by atoms with van der Waals surface area (Å²) in [5, 5.41) is 9.45. The topological polar surface area (TPSA) is 49.5 Å². The van der Waals surface area contributed by atoms with E-state index in [0.717, 1.165) is 17.7 Å². The predicted molar refractivity (Wildman–Crippen MR) is 106 cm³/mol. The summed E-state index contributed by atoms with van der Waals surface area (Å²) in [6, 6.07) is 8.16. The lowest BCUT2D eigenvalue weighted by molar-refractivity contribution is -0.376. The molecular weight excluding hydrogens is 441 g/mol. The maximum Gasteiger partial charge on any atom is 0.430 e. The summed E-state index contributed by atoms with van der Waals surface area (Å²) in [6.07, 6.45) is -8.56. The number of hydrogen-bond acceptors (Lipinski definition) is 3. The number of anilines is 1. The summed E-state index contributed by atoms with van der Waals surface area (Å²) in [5.74, 6) is -0.497. The molecule has 0 amide bonds. The van der Waals surface area contributed by atoms with Crippen LogP contribution in [0.15, 0.2) is 48.0 Å². The molecule has 0 unspecified atom stereocenters. The van der Waals surface area contributed by atoms with Gasteiger partial charge in [0, 0.05) is 25.2 Å². The Balaban J connectivity index is 1.64. The summed E-state index contributed by atoms with van der Waals surface area (Å²) in [5.41, 5.74) is 1.64. The van der Waals surface area contributed by atoms with E-state index in [2.05, 4.69) is 0 Å². The van der Waals surface area contributed by atoms with Crippen LogP contribution in [0.3, 0.4) is 0 Å². The van der Waals surface area contributed by atoms with Crippen LogP contribution in [0.4, 0.5) is 36.4 Å². The zero-order valence-electron chi connectivity index (χ0n) is 16.8. The van der Waals surface area contributed by atoms with Gasteiger partial charge in [-0.05, 0) is 36.1 Å². The van der Waals surface area contributed by atoms with E-state index < -0.39 is 29.3 Å². The Morgan fingerprint density at radius 1 is 0.906 bits per heavy atom. The van der Waals surface area contributed by atoms with Crippen LogP contribution in [0.5, 0.6) is 0 Å². The SMILES string of the molecule is Nc1ccc(C=C2CCN(Cc3ccc(C(O)(C(F)(F)F)C(F)(F)F)cc3)CC2)cc1F. The predicted octanol–water partition coefficient (Wildman–Crippen LogP) is 5.40. The molecule has 0 atom stereocenters. The second-order valence-corrected chi connectivity index (χ2v) is 7.76. The van der Waals surface area contributed by atoms with Gasteiger partial charge in [0.15, 0.2) is 0 Å². The van der Waals surface area contributed by atoms with Crippen molar-refractivity contribution in [1.29, 1.82) is 0 Å². The number of alkyl halides is 6. The fourth-order valence-electron chi connectivity index (χ4n) is 3.61. The van der Waals surface area contributed by atoms with Gasteiger partial charge >= 0.3 is 12.4 Å². The Kier molecular flexibility index (Phi) is 6.57. The van der Waals surface area contributed by atoms with Crippen LogP contribution in [0.2, 0.25) is 0 Å². The first-order valence-electron chi connectivity index (χ1n) is 9.73. The highest BCUT2D eigenvalue weighted by molar-refractivity contribution is 5.56. The van der Waals surface area contributed by atoms with Crippen molar-refractivity contribution in [2.24, 2.45) is 0 Å². The molecule has 0 aliphatic carbocycles. The number of benzene rings is 2. The second kappa shape index (κ2) is 8.74. The van der Waals surface area contributed by atoms with Crippen LogP contribution in [-0.2, 0) is 12.1 Å². The number of piperidine rings is 1. The highest BCUT2D eigenvalue weighted by Gasteiger charge is 2.71. The molecule has 3 rings (SSSR count). The first-order chi connectivity index (χ1) is 14.8. The van der Waals surface area contributed by atoms with E-state index in [1.54, 1.807) is 6.07 Å². The molecular formula is C22H21F7N2O. The lowest BCUT2D eigenvalue weighted by Gasteiger charge is -2.33. The van der Waals surface area contributed by atoms with E-state index in [4.69, 9.17) is 5.73 Å². The van der Waals surface area contributed by atoms with E-state index in [1.807, 2.05) is 11.0 Å². The first kappa shape index (κ1) is 24.1. The van der Waals surface area contributed by atoms with Gasteiger partial charge in [0.25, 0.3) is 5.60 Å². The van der Waals surface area contributed by atoms with Crippen LogP contribution in [-0.4, -0.2) is 35.4 Å². The minimum Gasteiger partial charge on any atom is -0.396 e. The third-order valence-corrected chi connectivity index (χ3v) is 5.49. The van der Waals surface area contributed by atoms with Gasteiger partial charge in [-0.2, -0.15) is 26.3 Å². The van der Waals surface area contributed by atoms with Crippen molar-refractivity contribution in [2.75, 3.05) is 18.8 Å². The molecule has 1 saturated heterocycles. The number of aliphatic hydroxyl groups is 1. The number of nitrogens with two attached hydrogens (primary N) is 1. The molecule has 2 aromatic carbocycles. The molecule has 10 heteroatoms. The molecule has 174 valence electrons. The zero-order chi connectivity index (χ0) is 23.7. The van der Waals surface area contributed by atoms with E-state index in [1.165, 1.54) is 12.1 Å². The van der Waals surface area contributed by atoms with Gasteiger partial charge in [-0.1, -0.05) is 42.0 Å². The van der Waals surface area contributed by atoms with Crippen molar-refractivity contribution in [1.82, 2.24) is 4.90 Å². The Labute approximate surface area is 179 Å². The molecule has 1 heterocycles. The molecule has 1 fully saturated rings. The number of halogens is 7. The molecule has 0 bridgehead atoms. The Bertz CT molecular complexity index is 957. The molecule has 2 aromatic rings. The van der Waals surface area contributed by atoms with Crippen molar-refractivity contribution < 1.29 is 35.8 Å². The minimum absolute atomic E-state index is 0.0666. The van der Waals surface area contributed by atoms with Crippen LogP contribution < -0.4 is 5.73 Å². The summed E-state index contributed by atoms with van der Waals surface area (Å²) in [6.45, 7) is 1.58. The zero-order valence-corrected chi connectivity index (χ0v) is 16.8. The number of nitrogen functional groups attached to an aromatic ring is 1. The van der Waals surface area contributed by atoms with E-state index in [0.29, 0.717) is 55.7 Å². The average Bonchev–Trinajstić information content (AvgIpc) is 2.70. The Hall–Kier alpha value is -2.59. The average molecular weight is 462 g/mol. The quantitative estimate of drug-likeness (QED) is 0.473. The molecule has 1 aliphatic heterocycles. The van der Waals surface area contributed by atoms with Gasteiger partial charge in [-0.25, -0.2) is 4.39 Å². The van der Waals surface area contributed by atoms with Gasteiger partial charge in [0.05, 0.1) is 5.69 Å². The highest BCUT2D eigenvalue weighted by atomic mass is 19.4. The normalized spacial score (nSPS) is 16.3. The van der Waals surface area contributed by atoms with Gasteiger partial charge in [-0.3, -0.25) is 4.90 Å². The Morgan fingerprint density at radius 2 is 1.47 bits per heavy atom. The van der Waals surface area contributed by atoms with Crippen LogP contribution in [0.25, 0.3) is 6.08 Å². The standard InChI is InChI=1S/C22H21F7N2O/c23-18-12-16(3-6-19(18)30)11-14-7-9-31(10-8-14)13-15-1-4-17(5-2-15)20(32,21(24,25)26)22(27,28)29/h1-6,11-12,32H,7-10,13,30H2. The monoisotopic (exact) mass is 462 g/mol. The number of likely N-dealkylation sites (tertiary alicyclic amines) is 1. The molecule has 0 radical (unpaired) electrons. The fourth-order valence-corrected chi connectivity index (χ4v) is 3.61. The van der Waals surface area contributed by atoms with Gasteiger partial charge in [0.2, 0.25) is 0 Å². The third-order valence-electron chi connectivity index (χ3n) is 5.49. The summed E-state index contributed by atoms with van der Waals surface area (Å²) in [7, 11) is 0. The fraction of sp³-hybridized carbons (Fsp3) is 0.364. The smallest absolute Gasteiger partial charge is 0.396 e. The minimum atomic E-state index is -5.91. The summed E-state index contributed by atoms with van der Waals surface area (Å²) < 4.78 is 91.5. The van der Waals surface area contributed by atoms with E-state index >= 15 is 0 Å². The summed E-state index contributed by atoms with van der Waals surface area (Å²) in [4.78, 5) is 2.01. The molecule has 1 aliphatic rings. The maximum absolute atomic E-state index is 13.6. The molecule has 0 aromatic heterocycles. The first-order valence-corrected chi connectivity index (χ1v) is 9.73. The number of rotatable bonds is 4. The van der Waals surface area contributed by atoms with Crippen LogP contribution in [0, 0.1) is 5.82 Å². The third kappa shape index (κ3) is 4.91. The van der Waals surface area contributed by atoms with Gasteiger partial charge in [0.1, 0.15) is 5.82 Å². The maximum atomic E-state index is 13.6. The molecule has 3 N–H and O–H groups in total. The van der Waals surface area contributed by atoms with Gasteiger partial charge in [-0.15, -0.1) is 0 Å². The molecule has 0 spiro atoms. The van der Waals surface area contributed by atoms with Gasteiger partial charge < -0.3 is 10.8 Å². The highest BCUT2D eigenvalue weighted by Crippen LogP contribution is 2.50. The van der Waals surface area contributed by atoms with E-state index in [-0.39, 0.29) is 5.69 Å². The summed E-state index contributed by atoms with van der Waals surface area (Å²) >= 11 is 0. The lowest BCUT2D eigenvalue weighted by Crippen LogP contribution is -2.53. The number of nitrogens with zero attached hydrogens (tertiary/aromatic N) is 1. The van der Waals surface area contributed by atoms with Crippen molar-refractivity contribution in [3.63, 3.8) is 0 Å². The van der Waals surface area contributed by atoms with Crippen molar-refractivity contribution >= 4 is 11.8 Å². The number of hydrogen-bond donors (Lipinski definition) is 2. The van der Waals surface area contributed by atoms with E-state index in [9.17, 15) is 35.8 Å². The lowest BCUT2D eigenvalue weighted by atomic mass is 9.91. The van der Waals surface area contributed by atoms with Crippen LogP contribution in [0.1, 0.15) is 29.5 Å². The second-order valence-electron chi connectivity index (χ2n) is 7.76. The Morgan fingerprint density at radius 3 is 1.97 bits per heavy atom. The van der Waals surface area contributed by atoms with Crippen molar-refractivity contribution in [3.05, 3.63) is 70.5 Å². The molecule has 0 saturated carbocycles. The van der Waals surface area contributed by atoms with Crippen LogP contribution >= 0.6 is 0 Å². The molecule has 32 heavy (non-hydrogen) atoms. The van der Waals surface area contributed by atoms with Crippen molar-refractivity contribution in [2.45, 2.75) is 37.3 Å².